The van der Waals surface area contributed by atoms with Gasteiger partial charge in [-0.05, 0) is 28.8 Å². The molecule has 6 N–H and O–H groups in total. The molecule has 2 amide bonds. The second-order valence-corrected chi connectivity index (χ2v) is 8.78. The number of amidine groups is 1. The molecular formula is C28H27N5O5. The van der Waals surface area contributed by atoms with Crippen molar-refractivity contribution < 1.29 is 24.3 Å². The topological polar surface area (TPSA) is 167 Å². The number of carboxylic acids is 1. The Kier molecular flexibility index (Phi) is 8.12. The van der Waals surface area contributed by atoms with Gasteiger partial charge in [0.2, 0.25) is 5.91 Å². The van der Waals surface area contributed by atoms with E-state index in [-0.39, 0.29) is 18.8 Å². The number of aliphatic carboxylic acids is 1. The Morgan fingerprint density at radius 3 is 2.18 bits per heavy atom. The largest absolute Gasteiger partial charge is 0.480 e. The van der Waals surface area contributed by atoms with Crippen molar-refractivity contribution in [3.63, 3.8) is 0 Å². The first-order chi connectivity index (χ1) is 18.3. The maximum absolute atomic E-state index is 12.6. The number of oxime groups is 1. The van der Waals surface area contributed by atoms with E-state index in [0.717, 1.165) is 16.7 Å². The molecule has 0 saturated heterocycles. The van der Waals surface area contributed by atoms with Crippen LogP contribution in [-0.2, 0) is 14.4 Å². The van der Waals surface area contributed by atoms with Crippen molar-refractivity contribution in [1.82, 2.24) is 10.6 Å². The molecule has 0 fully saturated rings. The number of nitrogens with zero attached hydrogens (tertiary/aromatic N) is 1. The van der Waals surface area contributed by atoms with Crippen molar-refractivity contribution >= 4 is 29.3 Å². The zero-order valence-corrected chi connectivity index (χ0v) is 20.4. The molecule has 38 heavy (non-hydrogen) atoms. The number of amides is 2. The number of benzene rings is 3. The SMILES string of the molecule is N=C(N)c1ccc(C2=NOC(CC(=O)NC[C@H](NC(=O)c3ccc(-c4ccccc4)cc3)C(=O)O)C2)cc1. The molecule has 10 nitrogen and oxygen atoms in total. The number of rotatable bonds is 10. The highest BCUT2D eigenvalue weighted by atomic mass is 16.6. The van der Waals surface area contributed by atoms with Crippen LogP contribution < -0.4 is 16.4 Å². The normalized spacial score (nSPS) is 15.1. The summed E-state index contributed by atoms with van der Waals surface area (Å²) >= 11 is 0. The second-order valence-electron chi connectivity index (χ2n) is 8.78. The van der Waals surface area contributed by atoms with Gasteiger partial charge in [-0.1, -0.05) is 71.9 Å². The van der Waals surface area contributed by atoms with Crippen LogP contribution in [0.3, 0.4) is 0 Å². The second kappa shape index (κ2) is 11.8. The smallest absolute Gasteiger partial charge is 0.328 e. The van der Waals surface area contributed by atoms with Crippen molar-refractivity contribution in [3.8, 4) is 11.1 Å². The van der Waals surface area contributed by atoms with Gasteiger partial charge in [0.1, 0.15) is 18.0 Å². The maximum atomic E-state index is 12.6. The molecule has 3 aromatic rings. The number of carbonyl (C=O) groups excluding carboxylic acids is 2. The predicted molar refractivity (Wildman–Crippen MR) is 142 cm³/mol. The number of carboxylic acid groups (broad SMARTS) is 1. The highest BCUT2D eigenvalue weighted by Crippen LogP contribution is 2.20. The predicted octanol–water partition coefficient (Wildman–Crippen LogP) is 2.52. The summed E-state index contributed by atoms with van der Waals surface area (Å²) in [6.07, 6.45) is -0.136. The van der Waals surface area contributed by atoms with Crippen molar-refractivity contribution in [2.24, 2.45) is 10.9 Å². The van der Waals surface area contributed by atoms with Gasteiger partial charge in [-0.25, -0.2) is 4.79 Å². The molecule has 10 heteroatoms. The number of carbonyl (C=O) groups is 3. The van der Waals surface area contributed by atoms with Crippen LogP contribution in [0.1, 0.15) is 34.3 Å². The number of hydrogen-bond acceptors (Lipinski definition) is 6. The number of nitrogens with one attached hydrogen (secondary N) is 3. The van der Waals surface area contributed by atoms with Crippen LogP contribution in [0.4, 0.5) is 0 Å². The minimum absolute atomic E-state index is 0.0280. The van der Waals surface area contributed by atoms with E-state index in [0.29, 0.717) is 23.3 Å². The molecule has 0 bridgehead atoms. The molecule has 1 unspecified atom stereocenters. The first kappa shape index (κ1) is 26.1. The number of nitrogen functional groups attached to an aromatic ring is 1. The average Bonchev–Trinajstić information content (AvgIpc) is 3.39. The van der Waals surface area contributed by atoms with E-state index < -0.39 is 29.9 Å². The Balaban J connectivity index is 1.26. The molecule has 1 aliphatic heterocycles. The summed E-state index contributed by atoms with van der Waals surface area (Å²) in [4.78, 5) is 42.1. The zero-order chi connectivity index (χ0) is 27.1. The van der Waals surface area contributed by atoms with Crippen LogP contribution in [0.15, 0.2) is 84.0 Å². The van der Waals surface area contributed by atoms with E-state index in [1.165, 1.54) is 0 Å². The van der Waals surface area contributed by atoms with Crippen LogP contribution in [0.5, 0.6) is 0 Å². The van der Waals surface area contributed by atoms with E-state index in [9.17, 15) is 19.5 Å². The molecule has 2 atom stereocenters. The average molecular weight is 514 g/mol. The van der Waals surface area contributed by atoms with E-state index in [4.69, 9.17) is 16.0 Å². The molecular weight excluding hydrogens is 486 g/mol. The van der Waals surface area contributed by atoms with Gasteiger partial charge < -0.3 is 26.3 Å². The Labute approximate surface area is 219 Å². The van der Waals surface area contributed by atoms with Crippen molar-refractivity contribution in [3.05, 3.63) is 95.6 Å². The third-order valence-electron chi connectivity index (χ3n) is 6.04. The van der Waals surface area contributed by atoms with Gasteiger partial charge in [-0.15, -0.1) is 0 Å². The Hall–Kier alpha value is -4.99. The number of nitrogens with two attached hydrogens (primary N) is 1. The summed E-state index contributed by atoms with van der Waals surface area (Å²) in [6.45, 7) is -0.283. The van der Waals surface area contributed by atoms with Gasteiger partial charge in [0.15, 0.2) is 0 Å². The third-order valence-corrected chi connectivity index (χ3v) is 6.04. The van der Waals surface area contributed by atoms with Crippen molar-refractivity contribution in [2.45, 2.75) is 25.0 Å². The molecule has 0 spiro atoms. The summed E-state index contributed by atoms with van der Waals surface area (Å²) in [7, 11) is 0. The van der Waals surface area contributed by atoms with Gasteiger partial charge in [0, 0.05) is 24.1 Å². The lowest BCUT2D eigenvalue weighted by atomic mass is 10.0. The lowest BCUT2D eigenvalue weighted by Crippen LogP contribution is -2.48. The summed E-state index contributed by atoms with van der Waals surface area (Å²) < 4.78 is 0. The van der Waals surface area contributed by atoms with Crippen LogP contribution in [0.25, 0.3) is 11.1 Å². The summed E-state index contributed by atoms with van der Waals surface area (Å²) in [5, 5.41) is 26.0. The zero-order valence-electron chi connectivity index (χ0n) is 20.4. The lowest BCUT2D eigenvalue weighted by molar-refractivity contribution is -0.139. The quantitative estimate of drug-likeness (QED) is 0.206. The van der Waals surface area contributed by atoms with E-state index in [2.05, 4.69) is 15.8 Å². The van der Waals surface area contributed by atoms with Crippen LogP contribution in [0.2, 0.25) is 0 Å². The Bertz CT molecular complexity index is 1350. The van der Waals surface area contributed by atoms with Crippen molar-refractivity contribution in [1.29, 1.82) is 5.41 Å². The molecule has 0 radical (unpaired) electrons. The lowest BCUT2D eigenvalue weighted by Gasteiger charge is -2.16. The van der Waals surface area contributed by atoms with Crippen LogP contribution in [0, 0.1) is 5.41 Å². The summed E-state index contributed by atoms with van der Waals surface area (Å²) in [5.41, 5.74) is 9.75. The standard InChI is InChI=1S/C28H27N5O5/c29-26(30)20-10-8-19(9-11-20)23-14-22(38-33-23)15-25(34)31-16-24(28(36)37)32-27(35)21-12-6-18(7-13-21)17-4-2-1-3-5-17/h1-13,22,24H,14-16H2,(H3,29,30)(H,31,34)(H,32,35)(H,36,37)/t22?,24-/m0/s1. The monoisotopic (exact) mass is 513 g/mol. The molecule has 0 aliphatic carbocycles. The van der Waals surface area contributed by atoms with E-state index >= 15 is 0 Å². The van der Waals surface area contributed by atoms with Gasteiger partial charge in [0.05, 0.1) is 12.1 Å². The molecule has 0 aromatic heterocycles. The molecule has 1 aliphatic rings. The fourth-order valence-electron chi connectivity index (χ4n) is 3.93. The molecule has 1 heterocycles. The Morgan fingerprint density at radius 2 is 1.55 bits per heavy atom. The highest BCUT2D eigenvalue weighted by molar-refractivity contribution is 6.03. The summed E-state index contributed by atoms with van der Waals surface area (Å²) in [5.74, 6) is -2.28. The van der Waals surface area contributed by atoms with Crippen molar-refractivity contribution in [2.75, 3.05) is 6.54 Å². The molecule has 194 valence electrons. The van der Waals surface area contributed by atoms with E-state index in [1.807, 2.05) is 30.3 Å². The van der Waals surface area contributed by atoms with Gasteiger partial charge in [-0.2, -0.15) is 0 Å². The Morgan fingerprint density at radius 1 is 0.947 bits per heavy atom. The molecule has 4 rings (SSSR count). The fourth-order valence-corrected chi connectivity index (χ4v) is 3.93. The minimum Gasteiger partial charge on any atom is -0.480 e. The summed E-state index contributed by atoms with van der Waals surface area (Å²) in [6, 6.07) is 22.1. The number of hydrogen-bond donors (Lipinski definition) is 5. The first-order valence-corrected chi connectivity index (χ1v) is 11.9. The van der Waals surface area contributed by atoms with Gasteiger partial charge in [0.25, 0.3) is 5.91 Å². The van der Waals surface area contributed by atoms with Crippen LogP contribution in [-0.4, -0.2) is 53.1 Å². The van der Waals surface area contributed by atoms with Gasteiger partial charge >= 0.3 is 5.97 Å². The molecule has 3 aromatic carbocycles. The fraction of sp³-hybridized carbons (Fsp3) is 0.179. The van der Waals surface area contributed by atoms with Crippen LogP contribution >= 0.6 is 0 Å². The molecule has 0 saturated carbocycles. The third kappa shape index (κ3) is 6.61. The minimum atomic E-state index is -1.31. The first-order valence-electron chi connectivity index (χ1n) is 11.9. The van der Waals surface area contributed by atoms with Gasteiger partial charge in [-0.3, -0.25) is 15.0 Å². The highest BCUT2D eigenvalue weighted by Gasteiger charge is 2.26. The van der Waals surface area contributed by atoms with E-state index in [1.54, 1.807) is 48.5 Å². The maximum Gasteiger partial charge on any atom is 0.328 e.